The third-order valence-electron chi connectivity index (χ3n) is 5.63. The van der Waals surface area contributed by atoms with E-state index in [9.17, 15) is 18.0 Å². The van der Waals surface area contributed by atoms with E-state index in [1.807, 2.05) is 37.3 Å². The number of carbonyl (C=O) groups excluding carboxylic acids is 2. The fourth-order valence-electron chi connectivity index (χ4n) is 3.51. The molecule has 198 valence electrons. The summed E-state index contributed by atoms with van der Waals surface area (Å²) < 4.78 is 36.6. The topological polar surface area (TPSA) is 105 Å². The van der Waals surface area contributed by atoms with E-state index in [-0.39, 0.29) is 25.5 Å². The fraction of sp³-hybridized carbons (Fsp3) is 0.462. The van der Waals surface area contributed by atoms with Gasteiger partial charge < -0.3 is 19.7 Å². The van der Waals surface area contributed by atoms with Crippen LogP contribution >= 0.6 is 0 Å². The minimum absolute atomic E-state index is 0.0554. The zero-order chi connectivity index (χ0) is 26.6. The highest BCUT2D eigenvalue weighted by atomic mass is 32.2. The third-order valence-corrected chi connectivity index (χ3v) is 6.83. The van der Waals surface area contributed by atoms with Gasteiger partial charge in [0.25, 0.3) is 0 Å². The second-order valence-corrected chi connectivity index (χ2v) is 10.4. The summed E-state index contributed by atoms with van der Waals surface area (Å²) in [6, 6.07) is 15.4. The molecule has 0 aliphatic carbocycles. The highest BCUT2D eigenvalue weighted by Crippen LogP contribution is 2.16. The first-order valence-electron chi connectivity index (χ1n) is 11.9. The summed E-state index contributed by atoms with van der Waals surface area (Å²) in [7, 11) is -2.12. The van der Waals surface area contributed by atoms with E-state index in [0.29, 0.717) is 31.9 Å². The molecule has 2 aromatic rings. The predicted molar refractivity (Wildman–Crippen MR) is 139 cm³/mol. The number of nitrogens with zero attached hydrogens (tertiary/aromatic N) is 2. The van der Waals surface area contributed by atoms with E-state index in [1.54, 1.807) is 38.3 Å². The van der Waals surface area contributed by atoms with Gasteiger partial charge in [-0.2, -0.15) is 4.31 Å². The van der Waals surface area contributed by atoms with Gasteiger partial charge in [-0.1, -0.05) is 42.5 Å². The van der Waals surface area contributed by atoms with Gasteiger partial charge in [0.05, 0.1) is 19.9 Å². The van der Waals surface area contributed by atoms with E-state index in [1.165, 1.54) is 4.90 Å². The predicted octanol–water partition coefficient (Wildman–Crippen LogP) is 2.42. The van der Waals surface area contributed by atoms with Crippen LogP contribution in [0.5, 0.6) is 5.75 Å². The lowest BCUT2D eigenvalue weighted by Crippen LogP contribution is -2.51. The molecule has 2 rings (SSSR count). The van der Waals surface area contributed by atoms with Crippen molar-refractivity contribution in [1.82, 2.24) is 14.5 Å². The van der Waals surface area contributed by atoms with Gasteiger partial charge in [0.2, 0.25) is 21.8 Å². The molecule has 0 spiro atoms. The quantitative estimate of drug-likeness (QED) is 0.363. The smallest absolute Gasteiger partial charge is 0.242 e. The van der Waals surface area contributed by atoms with Gasteiger partial charge in [-0.15, -0.1) is 0 Å². The van der Waals surface area contributed by atoms with E-state index < -0.39 is 22.0 Å². The summed E-state index contributed by atoms with van der Waals surface area (Å²) in [6.45, 7) is 4.90. The van der Waals surface area contributed by atoms with Crippen LogP contribution in [0.4, 0.5) is 0 Å². The van der Waals surface area contributed by atoms with Crippen LogP contribution in [-0.2, 0) is 37.4 Å². The number of ether oxygens (including phenoxy) is 2. The summed E-state index contributed by atoms with van der Waals surface area (Å²) in [5.74, 6) is -0.116. The zero-order valence-electron chi connectivity index (χ0n) is 21.5. The Labute approximate surface area is 214 Å². The molecule has 0 heterocycles. The largest absolute Gasteiger partial charge is 0.497 e. The first-order valence-corrected chi connectivity index (χ1v) is 13.8. The van der Waals surface area contributed by atoms with Gasteiger partial charge in [0.1, 0.15) is 11.8 Å². The molecule has 0 aliphatic rings. The number of benzene rings is 2. The van der Waals surface area contributed by atoms with Crippen molar-refractivity contribution < 1.29 is 27.5 Å². The first-order chi connectivity index (χ1) is 17.2. The Balaban J connectivity index is 2.21. The van der Waals surface area contributed by atoms with E-state index in [4.69, 9.17) is 9.47 Å². The minimum atomic E-state index is -3.69. The SMILES string of the molecule is CCOCCCNC(=O)[C@@H](C)N(Cc1ccc(OC)cc1)C(=O)CN(Cc1ccccc1)S(C)(=O)=O. The van der Waals surface area contributed by atoms with Crippen molar-refractivity contribution in [3.05, 3.63) is 65.7 Å². The summed E-state index contributed by atoms with van der Waals surface area (Å²) in [4.78, 5) is 27.8. The molecule has 0 aromatic heterocycles. The Morgan fingerprint density at radius 2 is 1.64 bits per heavy atom. The number of methoxy groups -OCH3 is 1. The molecular weight excluding hydrogens is 482 g/mol. The van der Waals surface area contributed by atoms with E-state index >= 15 is 0 Å². The lowest BCUT2D eigenvalue weighted by molar-refractivity contribution is -0.140. The summed E-state index contributed by atoms with van der Waals surface area (Å²) in [5, 5.41) is 2.84. The molecule has 0 aliphatic heterocycles. The molecule has 0 saturated heterocycles. The molecule has 36 heavy (non-hydrogen) atoms. The number of rotatable bonds is 15. The van der Waals surface area contributed by atoms with Crippen LogP contribution < -0.4 is 10.1 Å². The summed E-state index contributed by atoms with van der Waals surface area (Å²) in [5.41, 5.74) is 1.55. The minimum Gasteiger partial charge on any atom is -0.497 e. The zero-order valence-corrected chi connectivity index (χ0v) is 22.3. The van der Waals surface area contributed by atoms with Crippen LogP contribution in [0.15, 0.2) is 54.6 Å². The number of hydrogen-bond donors (Lipinski definition) is 1. The molecular formula is C26H37N3O6S. The molecule has 1 N–H and O–H groups in total. The second-order valence-electron chi connectivity index (χ2n) is 8.40. The van der Waals surface area contributed by atoms with Crippen LogP contribution in [0.2, 0.25) is 0 Å². The Bertz CT molecular complexity index is 1060. The normalized spacial score (nSPS) is 12.2. The first kappa shape index (κ1) is 29.3. The van der Waals surface area contributed by atoms with Gasteiger partial charge in [-0.25, -0.2) is 8.42 Å². The van der Waals surface area contributed by atoms with Gasteiger partial charge in [0, 0.05) is 32.8 Å². The number of hydrogen-bond acceptors (Lipinski definition) is 6. The number of amides is 2. The summed E-state index contributed by atoms with van der Waals surface area (Å²) in [6.07, 6.45) is 1.73. The van der Waals surface area contributed by atoms with Crippen molar-refractivity contribution >= 4 is 21.8 Å². The van der Waals surface area contributed by atoms with Crippen LogP contribution in [0.1, 0.15) is 31.4 Å². The van der Waals surface area contributed by atoms with Crippen molar-refractivity contribution in [3.63, 3.8) is 0 Å². The molecule has 9 nitrogen and oxygen atoms in total. The van der Waals surface area contributed by atoms with Crippen molar-refractivity contribution in [2.75, 3.05) is 39.7 Å². The van der Waals surface area contributed by atoms with E-state index in [2.05, 4.69) is 5.32 Å². The number of carbonyl (C=O) groups is 2. The highest BCUT2D eigenvalue weighted by Gasteiger charge is 2.29. The molecule has 0 saturated carbocycles. The van der Waals surface area contributed by atoms with Gasteiger partial charge >= 0.3 is 0 Å². The van der Waals surface area contributed by atoms with Crippen LogP contribution in [0.25, 0.3) is 0 Å². The Kier molecular flexibility index (Phi) is 11.9. The lowest BCUT2D eigenvalue weighted by atomic mass is 10.1. The van der Waals surface area contributed by atoms with Crippen molar-refractivity contribution in [3.8, 4) is 5.75 Å². The van der Waals surface area contributed by atoms with Crippen molar-refractivity contribution in [1.29, 1.82) is 0 Å². The van der Waals surface area contributed by atoms with Crippen LogP contribution in [-0.4, -0.2) is 75.1 Å². The molecule has 0 bridgehead atoms. The molecule has 0 radical (unpaired) electrons. The standard InChI is InChI=1S/C26H37N3O6S/c1-5-35-17-9-16-27-26(31)21(2)29(19-23-12-14-24(34-3)15-13-23)25(30)20-28(36(4,32)33)18-22-10-7-6-8-11-22/h6-8,10-15,21H,5,9,16-20H2,1-4H3,(H,27,31)/t21-/m1/s1. The maximum Gasteiger partial charge on any atom is 0.242 e. The monoisotopic (exact) mass is 519 g/mol. The molecule has 1 atom stereocenters. The Morgan fingerprint density at radius 1 is 1.00 bits per heavy atom. The number of sulfonamides is 1. The highest BCUT2D eigenvalue weighted by molar-refractivity contribution is 7.88. The Morgan fingerprint density at radius 3 is 2.22 bits per heavy atom. The van der Waals surface area contributed by atoms with Gasteiger partial charge in [0.15, 0.2) is 0 Å². The van der Waals surface area contributed by atoms with Crippen molar-refractivity contribution in [2.24, 2.45) is 0 Å². The molecule has 10 heteroatoms. The van der Waals surface area contributed by atoms with Gasteiger partial charge in [-0.3, -0.25) is 9.59 Å². The maximum absolute atomic E-state index is 13.5. The average Bonchev–Trinajstić information content (AvgIpc) is 2.86. The summed E-state index contributed by atoms with van der Waals surface area (Å²) >= 11 is 0. The second kappa shape index (κ2) is 14.6. The van der Waals surface area contributed by atoms with Crippen LogP contribution in [0, 0.1) is 0 Å². The molecule has 2 amide bonds. The maximum atomic E-state index is 13.5. The lowest BCUT2D eigenvalue weighted by Gasteiger charge is -2.31. The van der Waals surface area contributed by atoms with Gasteiger partial charge in [-0.05, 0) is 43.5 Å². The fourth-order valence-corrected chi connectivity index (χ4v) is 4.24. The molecule has 0 fully saturated rings. The number of nitrogens with one attached hydrogen (secondary N) is 1. The molecule has 0 unspecified atom stereocenters. The third kappa shape index (κ3) is 9.60. The average molecular weight is 520 g/mol. The van der Waals surface area contributed by atoms with E-state index in [0.717, 1.165) is 21.7 Å². The Hall–Kier alpha value is -2.95. The van der Waals surface area contributed by atoms with Crippen molar-refractivity contribution in [2.45, 2.75) is 39.4 Å². The molecule has 2 aromatic carbocycles. The van der Waals surface area contributed by atoms with Crippen LogP contribution in [0.3, 0.4) is 0 Å².